The van der Waals surface area contributed by atoms with Gasteiger partial charge < -0.3 is 54.5 Å². The Labute approximate surface area is 457 Å². The van der Waals surface area contributed by atoms with Crippen LogP contribution in [0.15, 0.2) is 42.5 Å². The molecule has 1 fully saturated rings. The number of aliphatic hydroxyl groups excluding tert-OH is 1. The van der Waals surface area contributed by atoms with Crippen molar-refractivity contribution in [3.05, 3.63) is 48.0 Å². The van der Waals surface area contributed by atoms with E-state index in [0.29, 0.717) is 44.2 Å². The largest absolute Gasteiger partial charge is 0.467 e. The molecule has 6 amide bonds. The zero-order valence-corrected chi connectivity index (χ0v) is 48.5. The monoisotopic (exact) mass is 1080 g/mol. The molecule has 2 aliphatic rings. The van der Waals surface area contributed by atoms with Crippen molar-refractivity contribution in [2.24, 2.45) is 29.1 Å². The highest BCUT2D eigenvalue weighted by molar-refractivity contribution is 5.92. The van der Waals surface area contributed by atoms with E-state index in [0.717, 1.165) is 7.11 Å². The lowest BCUT2D eigenvalue weighted by molar-refractivity contribution is -0.152. The minimum atomic E-state index is -1.25. The summed E-state index contributed by atoms with van der Waals surface area (Å²) in [5.74, 6) is -5.10. The number of rotatable bonds is 27. The van der Waals surface area contributed by atoms with Crippen molar-refractivity contribution in [1.29, 1.82) is 0 Å². The summed E-state index contributed by atoms with van der Waals surface area (Å²) in [6, 6.07) is 4.10. The van der Waals surface area contributed by atoms with Gasteiger partial charge in [0, 0.05) is 40.3 Å². The van der Waals surface area contributed by atoms with Crippen molar-refractivity contribution >= 4 is 47.6 Å². The molecule has 1 saturated heterocycles. The summed E-state index contributed by atoms with van der Waals surface area (Å²) in [7, 11) is 7.30. The number of benzene rings is 1. The Kier molecular flexibility index (Phi) is 26.5. The summed E-state index contributed by atoms with van der Waals surface area (Å²) in [4.78, 5) is 114. The number of amides is 6. The Morgan fingerprint density at radius 1 is 0.818 bits per heavy atom. The molecule has 3 rings (SSSR count). The summed E-state index contributed by atoms with van der Waals surface area (Å²) < 4.78 is 27.8. The number of carbonyl (C=O) groups is 8. The molecular formula is C57H92N6O14. The van der Waals surface area contributed by atoms with Crippen LogP contribution in [-0.4, -0.2) is 171 Å². The number of esters is 2. The number of ether oxygens (including phenoxy) is 5. The van der Waals surface area contributed by atoms with E-state index in [1.165, 1.54) is 26.2 Å². The van der Waals surface area contributed by atoms with Crippen molar-refractivity contribution in [1.82, 2.24) is 30.7 Å². The van der Waals surface area contributed by atoms with Gasteiger partial charge in [0.15, 0.2) is 0 Å². The van der Waals surface area contributed by atoms with Gasteiger partial charge in [-0.05, 0) is 81.8 Å². The molecule has 20 heteroatoms. The minimum Gasteiger partial charge on any atom is -0.467 e. The van der Waals surface area contributed by atoms with Gasteiger partial charge in [0.05, 0.1) is 68.9 Å². The molecule has 4 N–H and O–H groups in total. The van der Waals surface area contributed by atoms with Crippen LogP contribution in [0.4, 0.5) is 4.79 Å². The smallest absolute Gasteiger partial charge is 0.410 e. The van der Waals surface area contributed by atoms with E-state index in [9.17, 15) is 43.5 Å². The molecule has 0 spiro atoms. The van der Waals surface area contributed by atoms with Crippen molar-refractivity contribution in [2.45, 2.75) is 188 Å². The van der Waals surface area contributed by atoms with Crippen molar-refractivity contribution in [3.8, 4) is 0 Å². The number of carbonyl (C=O) groups excluding carboxylic acids is 8. The van der Waals surface area contributed by atoms with Crippen LogP contribution in [-0.2, 0) is 57.2 Å². The first kappa shape index (κ1) is 65.7. The molecule has 1 aromatic carbocycles. The third kappa shape index (κ3) is 18.0. The fourth-order valence-electron chi connectivity index (χ4n) is 10.6. The van der Waals surface area contributed by atoms with Crippen LogP contribution in [0.3, 0.4) is 0 Å². The lowest BCUT2D eigenvalue weighted by atomic mass is 9.77. The van der Waals surface area contributed by atoms with E-state index >= 15 is 0 Å². The molecule has 0 saturated carbocycles. The molecule has 1 aliphatic heterocycles. The standard InChI is InChI=1S/C57H92N6O14/c1-16-36(7)48(43(73-13)33-44(64)63-31-23-27-42(63)50(74-14)37(8)51(67)58-38(9)49(66)39-24-19-18-20-25-39)61(11)53(69)46(34(3)4)60-52(68)47(35(5)6)62(12)56(72)77-40-26-21-22-29-57(10,30-28-40)55(71)59-41(54(70)75-15)32-45(65)76-17-2/h18-21,24-26,34-38,40-43,46-50,66H,16-17,22-23,27-33H2,1-15H3,(H,58,67)(H,59,71)(H,60,68)/b26-21+/t36-,37+,38+,40-,41-,42-,43+,46-,47-,48-,49+,50+,57+/m0/s1. The van der Waals surface area contributed by atoms with Crippen LogP contribution >= 0.6 is 0 Å². The molecule has 0 radical (unpaired) electrons. The first-order chi connectivity index (χ1) is 36.3. The maximum absolute atomic E-state index is 14.8. The Bertz CT molecular complexity index is 2140. The number of nitrogens with one attached hydrogen (secondary N) is 3. The summed E-state index contributed by atoms with van der Waals surface area (Å²) in [6.45, 7) is 18.6. The van der Waals surface area contributed by atoms with Gasteiger partial charge in [-0.3, -0.25) is 33.7 Å². The quantitative estimate of drug-likeness (QED) is 0.0483. The first-order valence-corrected chi connectivity index (χ1v) is 27.4. The summed E-state index contributed by atoms with van der Waals surface area (Å²) in [5, 5.41) is 19.5. The van der Waals surface area contributed by atoms with Crippen LogP contribution in [0.2, 0.25) is 0 Å². The Morgan fingerprint density at radius 2 is 1.48 bits per heavy atom. The average molecular weight is 1090 g/mol. The molecule has 0 bridgehead atoms. The summed E-state index contributed by atoms with van der Waals surface area (Å²) >= 11 is 0. The van der Waals surface area contributed by atoms with Gasteiger partial charge in [0.25, 0.3) is 0 Å². The van der Waals surface area contributed by atoms with Gasteiger partial charge in [-0.25, -0.2) is 9.59 Å². The molecular weight excluding hydrogens is 993 g/mol. The maximum atomic E-state index is 14.8. The van der Waals surface area contributed by atoms with E-state index in [-0.39, 0.29) is 43.6 Å². The molecule has 0 aromatic heterocycles. The van der Waals surface area contributed by atoms with Gasteiger partial charge in [0.2, 0.25) is 29.5 Å². The Hall–Kier alpha value is -5.60. The second kappa shape index (κ2) is 31.1. The molecule has 20 nitrogen and oxygen atoms in total. The van der Waals surface area contributed by atoms with Gasteiger partial charge in [0.1, 0.15) is 24.2 Å². The van der Waals surface area contributed by atoms with E-state index < -0.39 is 126 Å². The highest BCUT2D eigenvalue weighted by Gasteiger charge is 2.44. The van der Waals surface area contributed by atoms with Crippen LogP contribution in [0.1, 0.15) is 139 Å². The van der Waals surface area contributed by atoms with E-state index in [1.807, 2.05) is 52.0 Å². The zero-order valence-electron chi connectivity index (χ0n) is 48.5. The van der Waals surface area contributed by atoms with Gasteiger partial charge in [-0.15, -0.1) is 0 Å². The van der Waals surface area contributed by atoms with Crippen molar-refractivity contribution in [2.75, 3.05) is 48.6 Å². The fraction of sp³-hybridized carbons (Fsp3) is 0.719. The van der Waals surface area contributed by atoms with Crippen molar-refractivity contribution < 1.29 is 67.1 Å². The number of methoxy groups -OCH3 is 3. The minimum absolute atomic E-state index is 0.0758. The Morgan fingerprint density at radius 3 is 2.05 bits per heavy atom. The molecule has 13 atom stereocenters. The van der Waals surface area contributed by atoms with Gasteiger partial charge >= 0.3 is 18.0 Å². The predicted octanol–water partition coefficient (Wildman–Crippen LogP) is 5.49. The number of aliphatic hydroxyl groups is 1. The topological polar surface area (TPSA) is 249 Å². The van der Waals surface area contributed by atoms with Crippen LogP contribution < -0.4 is 16.0 Å². The van der Waals surface area contributed by atoms with Gasteiger partial charge in [-0.2, -0.15) is 0 Å². The average Bonchev–Trinajstić information content (AvgIpc) is 3.88. The number of hydrogen-bond donors (Lipinski definition) is 4. The number of allylic oxidation sites excluding steroid dienone is 1. The molecule has 434 valence electrons. The lowest BCUT2D eigenvalue weighted by Gasteiger charge is -2.41. The summed E-state index contributed by atoms with van der Waals surface area (Å²) in [6.07, 6.45) is 2.44. The highest BCUT2D eigenvalue weighted by atomic mass is 16.6. The first-order valence-electron chi connectivity index (χ1n) is 27.4. The van der Waals surface area contributed by atoms with Crippen LogP contribution in [0, 0.1) is 29.1 Å². The lowest BCUT2D eigenvalue weighted by Crippen LogP contribution is -2.60. The third-order valence-electron chi connectivity index (χ3n) is 15.5. The van der Waals surface area contributed by atoms with Gasteiger partial charge in [-0.1, -0.05) is 98.2 Å². The molecule has 77 heavy (non-hydrogen) atoms. The number of likely N-dealkylation sites (N-methyl/N-ethyl adjacent to an activating group) is 2. The fourth-order valence-corrected chi connectivity index (χ4v) is 10.6. The Balaban J connectivity index is 1.75. The zero-order chi connectivity index (χ0) is 57.9. The second-order valence-corrected chi connectivity index (χ2v) is 21.8. The number of likely N-dealkylation sites (tertiary alicyclic amines) is 1. The maximum Gasteiger partial charge on any atom is 0.410 e. The predicted molar refractivity (Wildman–Crippen MR) is 289 cm³/mol. The second-order valence-electron chi connectivity index (χ2n) is 21.8. The normalized spacial score (nSPS) is 22.0. The molecule has 1 aliphatic carbocycles. The van der Waals surface area contributed by atoms with Crippen molar-refractivity contribution in [3.63, 3.8) is 0 Å². The number of hydrogen-bond acceptors (Lipinski definition) is 14. The SMILES string of the molecule is CCOC(=O)C[C@H](NC(=O)[C@]1(C)CC/C=C/[C@H](OC(=O)N(C)[C@H](C(=O)N[C@H](C(=O)N(C)[C@@H]([C@@H](C)CC)[C@@H](CC(=O)N2CCC[C@H]2[C@H](OC)[C@@H](C)C(=O)N[C@H](C)[C@@H](O)c2ccccc2)OC)C(C)C)C(C)C)CC1)C(=O)OC. The highest BCUT2D eigenvalue weighted by Crippen LogP contribution is 2.34. The third-order valence-corrected chi connectivity index (χ3v) is 15.5. The van der Waals surface area contributed by atoms with E-state index in [2.05, 4.69) is 16.0 Å². The summed E-state index contributed by atoms with van der Waals surface area (Å²) in [5.41, 5.74) is -0.338. The molecule has 1 heterocycles. The van der Waals surface area contributed by atoms with E-state index in [4.69, 9.17) is 23.7 Å². The van der Waals surface area contributed by atoms with E-state index in [1.54, 1.807) is 76.6 Å². The molecule has 0 unspecified atom stereocenters. The molecule has 1 aromatic rings. The number of nitrogens with zero attached hydrogens (tertiary/aromatic N) is 3. The van der Waals surface area contributed by atoms with Crippen LogP contribution in [0.25, 0.3) is 0 Å². The van der Waals surface area contributed by atoms with Crippen LogP contribution in [0.5, 0.6) is 0 Å².